The molecule has 4 rings (SSSR count). The van der Waals surface area contributed by atoms with Crippen LogP contribution in [0.25, 0.3) is 17.0 Å². The molecule has 0 radical (unpaired) electrons. The van der Waals surface area contributed by atoms with E-state index in [0.29, 0.717) is 22.6 Å². The van der Waals surface area contributed by atoms with Crippen LogP contribution >= 0.6 is 0 Å². The molecule has 2 heterocycles. The van der Waals surface area contributed by atoms with Crippen LogP contribution in [-0.2, 0) is 4.79 Å². The maximum atomic E-state index is 12.6. The maximum absolute atomic E-state index is 12.6. The Hall–Kier alpha value is -3.60. The summed E-state index contributed by atoms with van der Waals surface area (Å²) in [6.45, 7) is 1.99. The molecule has 0 unspecified atom stereocenters. The van der Waals surface area contributed by atoms with E-state index in [2.05, 4.69) is 5.32 Å². The molecule has 0 fully saturated rings. The van der Waals surface area contributed by atoms with Gasteiger partial charge in [0.05, 0.1) is 6.26 Å². The van der Waals surface area contributed by atoms with Crippen LogP contribution in [0.15, 0.2) is 75.7 Å². The zero-order valence-electron chi connectivity index (χ0n) is 14.0. The Labute approximate surface area is 149 Å². The summed E-state index contributed by atoms with van der Waals surface area (Å²) in [6.07, 6.45) is 4.92. The lowest BCUT2D eigenvalue weighted by Gasteiger charge is -2.07. The Morgan fingerprint density at radius 1 is 1.04 bits per heavy atom. The molecule has 2 aromatic carbocycles. The zero-order chi connectivity index (χ0) is 18.1. The summed E-state index contributed by atoms with van der Waals surface area (Å²) in [4.78, 5) is 23.9. The van der Waals surface area contributed by atoms with E-state index in [4.69, 9.17) is 9.15 Å². The first-order chi connectivity index (χ1) is 12.6. The van der Waals surface area contributed by atoms with Crippen molar-refractivity contribution < 1.29 is 13.9 Å². The fourth-order valence-corrected chi connectivity index (χ4v) is 2.78. The van der Waals surface area contributed by atoms with E-state index in [9.17, 15) is 9.59 Å². The minimum absolute atomic E-state index is 0.254. The topological polar surface area (TPSA) is 68.5 Å². The molecular formula is C21H15NO4. The third kappa shape index (κ3) is 3.15. The van der Waals surface area contributed by atoms with Crippen molar-refractivity contribution in [1.29, 1.82) is 0 Å². The first-order valence-electron chi connectivity index (χ1n) is 8.09. The molecule has 1 aliphatic heterocycles. The predicted molar refractivity (Wildman–Crippen MR) is 100 cm³/mol. The molecule has 3 aromatic rings. The number of hydrogen-bond donors (Lipinski definition) is 1. The molecular weight excluding hydrogens is 330 g/mol. The molecule has 128 valence electrons. The van der Waals surface area contributed by atoms with E-state index < -0.39 is 5.63 Å². The zero-order valence-corrected chi connectivity index (χ0v) is 14.0. The summed E-state index contributed by atoms with van der Waals surface area (Å²) in [5.41, 5.74) is 3.09. The second kappa shape index (κ2) is 6.37. The van der Waals surface area contributed by atoms with Gasteiger partial charge in [-0.15, -0.1) is 0 Å². The molecule has 26 heavy (non-hydrogen) atoms. The summed E-state index contributed by atoms with van der Waals surface area (Å²) in [7, 11) is 0. The molecule has 5 nitrogen and oxygen atoms in total. The van der Waals surface area contributed by atoms with Crippen molar-refractivity contribution in [3.8, 4) is 5.75 Å². The highest BCUT2D eigenvalue weighted by atomic mass is 16.5. The van der Waals surface area contributed by atoms with E-state index in [-0.39, 0.29) is 5.91 Å². The fraction of sp³-hybridized carbons (Fsp3) is 0.0476. The normalized spacial score (nSPS) is 12.7. The van der Waals surface area contributed by atoms with Crippen LogP contribution in [0.1, 0.15) is 11.1 Å². The standard InChI is InChI=1S/C21H15NO4/c1-13-2-5-18-16(10-13)11-15(8-9-25-18)21(24)22-17-4-6-19-14(12-17)3-7-20(23)26-19/h2-12H,1H3,(H,22,24). The SMILES string of the molecule is Cc1ccc2c(c1)C=C(C(=O)Nc1ccc3oc(=O)ccc3c1)C=CO2. The Balaban J connectivity index is 1.63. The van der Waals surface area contributed by atoms with Gasteiger partial charge in [-0.3, -0.25) is 4.79 Å². The van der Waals surface area contributed by atoms with Gasteiger partial charge in [-0.25, -0.2) is 4.79 Å². The van der Waals surface area contributed by atoms with Crippen molar-refractivity contribution in [3.05, 3.63) is 88.0 Å². The van der Waals surface area contributed by atoms with Gasteiger partial charge in [0.15, 0.2) is 0 Å². The third-order valence-electron chi connectivity index (χ3n) is 4.06. The van der Waals surface area contributed by atoms with Crippen molar-refractivity contribution in [2.75, 3.05) is 5.32 Å². The van der Waals surface area contributed by atoms with Gasteiger partial charge in [-0.1, -0.05) is 11.6 Å². The van der Waals surface area contributed by atoms with Crippen LogP contribution in [0.4, 0.5) is 5.69 Å². The van der Waals surface area contributed by atoms with Crippen LogP contribution in [0, 0.1) is 6.92 Å². The van der Waals surface area contributed by atoms with Crippen molar-refractivity contribution in [2.24, 2.45) is 0 Å². The molecule has 1 aromatic heterocycles. The number of ether oxygens (including phenoxy) is 1. The summed E-state index contributed by atoms with van der Waals surface area (Å²) in [5, 5.41) is 3.59. The number of nitrogens with one attached hydrogen (secondary N) is 1. The third-order valence-corrected chi connectivity index (χ3v) is 4.06. The van der Waals surface area contributed by atoms with Crippen LogP contribution in [0.2, 0.25) is 0 Å². The van der Waals surface area contributed by atoms with Gasteiger partial charge >= 0.3 is 5.63 Å². The first-order valence-corrected chi connectivity index (χ1v) is 8.09. The van der Waals surface area contributed by atoms with E-state index in [1.54, 1.807) is 36.4 Å². The van der Waals surface area contributed by atoms with Gasteiger partial charge in [0.25, 0.3) is 5.91 Å². The molecule has 1 N–H and O–H groups in total. The van der Waals surface area contributed by atoms with Crippen molar-refractivity contribution in [3.63, 3.8) is 0 Å². The first kappa shape index (κ1) is 15.9. The average Bonchev–Trinajstić information content (AvgIpc) is 2.84. The molecule has 0 aliphatic carbocycles. The number of hydrogen-bond acceptors (Lipinski definition) is 4. The summed E-state index contributed by atoms with van der Waals surface area (Å²) in [6, 6.07) is 13.9. The summed E-state index contributed by atoms with van der Waals surface area (Å²) in [5.74, 6) is 0.450. The van der Waals surface area contributed by atoms with Gasteiger partial charge in [-0.05, 0) is 55.5 Å². The largest absolute Gasteiger partial charge is 0.464 e. The number of benzene rings is 2. The number of carbonyl (C=O) groups excluding carboxylic acids is 1. The second-order valence-corrected chi connectivity index (χ2v) is 6.02. The molecule has 5 heteroatoms. The minimum atomic E-state index is -0.406. The molecule has 0 saturated carbocycles. The van der Waals surface area contributed by atoms with Gasteiger partial charge in [0.2, 0.25) is 0 Å². The highest BCUT2D eigenvalue weighted by Gasteiger charge is 2.13. The molecule has 0 atom stereocenters. The molecule has 0 bridgehead atoms. The quantitative estimate of drug-likeness (QED) is 0.712. The maximum Gasteiger partial charge on any atom is 0.336 e. The lowest BCUT2D eigenvalue weighted by atomic mass is 10.1. The van der Waals surface area contributed by atoms with Crippen molar-refractivity contribution >= 4 is 28.6 Å². The highest BCUT2D eigenvalue weighted by Crippen LogP contribution is 2.26. The highest BCUT2D eigenvalue weighted by molar-refractivity contribution is 6.09. The van der Waals surface area contributed by atoms with Crippen LogP contribution < -0.4 is 15.7 Å². The van der Waals surface area contributed by atoms with Crippen LogP contribution in [0.3, 0.4) is 0 Å². The number of rotatable bonds is 2. The van der Waals surface area contributed by atoms with E-state index in [1.165, 1.54) is 12.3 Å². The fourth-order valence-electron chi connectivity index (χ4n) is 2.78. The van der Waals surface area contributed by atoms with Crippen LogP contribution in [0.5, 0.6) is 5.75 Å². The van der Waals surface area contributed by atoms with Crippen molar-refractivity contribution in [1.82, 2.24) is 0 Å². The molecule has 0 spiro atoms. The lowest BCUT2D eigenvalue weighted by Crippen LogP contribution is -2.13. The van der Waals surface area contributed by atoms with E-state index >= 15 is 0 Å². The number of carbonyl (C=O) groups is 1. The Kier molecular flexibility index (Phi) is 3.89. The molecule has 1 amide bonds. The second-order valence-electron chi connectivity index (χ2n) is 6.02. The summed E-state index contributed by atoms with van der Waals surface area (Å²) >= 11 is 0. The van der Waals surface area contributed by atoms with E-state index in [0.717, 1.165) is 16.5 Å². The Morgan fingerprint density at radius 3 is 2.81 bits per heavy atom. The van der Waals surface area contributed by atoms with Gasteiger partial charge in [0, 0.05) is 28.3 Å². The molecule has 0 saturated heterocycles. The number of aryl methyl sites for hydroxylation is 1. The van der Waals surface area contributed by atoms with Crippen molar-refractivity contribution in [2.45, 2.75) is 6.92 Å². The number of anilines is 1. The smallest absolute Gasteiger partial charge is 0.336 e. The average molecular weight is 345 g/mol. The van der Waals surface area contributed by atoms with Crippen LogP contribution in [-0.4, -0.2) is 5.91 Å². The van der Waals surface area contributed by atoms with Gasteiger partial charge in [0.1, 0.15) is 11.3 Å². The molecule has 1 aliphatic rings. The van der Waals surface area contributed by atoms with Gasteiger partial charge < -0.3 is 14.5 Å². The predicted octanol–water partition coefficient (Wildman–Crippen LogP) is 4.03. The monoisotopic (exact) mass is 345 g/mol. The Bertz CT molecular complexity index is 1140. The summed E-state index contributed by atoms with van der Waals surface area (Å²) < 4.78 is 10.6. The van der Waals surface area contributed by atoms with E-state index in [1.807, 2.05) is 25.1 Å². The number of fused-ring (bicyclic) bond motifs is 2. The Morgan fingerprint density at radius 2 is 1.92 bits per heavy atom. The number of amides is 1. The van der Waals surface area contributed by atoms with Gasteiger partial charge in [-0.2, -0.15) is 0 Å². The lowest BCUT2D eigenvalue weighted by molar-refractivity contribution is -0.112. The minimum Gasteiger partial charge on any atom is -0.464 e.